The lowest BCUT2D eigenvalue weighted by Crippen LogP contribution is -2.47. The Labute approximate surface area is 218 Å². The number of hydrogen-bond donors (Lipinski definition) is 4. The van der Waals surface area contributed by atoms with Crippen LogP contribution in [0.15, 0.2) is 0 Å². The SMILES string of the molecule is CC(C)(S)C(=O)OCC(COC(=O)C(C)(C)S)(COC(=O)C(C)(C)S)COC(=O)C(C)(C)S. The fourth-order valence-corrected chi connectivity index (χ4v) is 2.09. The molecule has 0 aliphatic heterocycles. The van der Waals surface area contributed by atoms with Crippen LogP contribution in [-0.4, -0.2) is 69.3 Å². The smallest absolute Gasteiger partial charge is 0.321 e. The molecule has 0 saturated carbocycles. The molecule has 0 amide bonds. The number of carbonyl (C=O) groups excluding carboxylic acids is 4. The number of hydrogen-bond acceptors (Lipinski definition) is 12. The number of rotatable bonds is 12. The molecule has 0 fully saturated rings. The third kappa shape index (κ3) is 12.0. The third-order valence-electron chi connectivity index (χ3n) is 4.04. The minimum Gasteiger partial charge on any atom is -0.464 e. The van der Waals surface area contributed by atoms with Crippen LogP contribution in [0.4, 0.5) is 0 Å². The van der Waals surface area contributed by atoms with Crippen molar-refractivity contribution < 1.29 is 38.1 Å². The van der Waals surface area contributed by atoms with Gasteiger partial charge in [0.2, 0.25) is 0 Å². The first-order valence-corrected chi connectivity index (χ1v) is 11.9. The number of carbonyl (C=O) groups is 4. The Balaban J connectivity index is 6.00. The van der Waals surface area contributed by atoms with Gasteiger partial charge in [-0.15, -0.1) is 0 Å². The monoisotopic (exact) mass is 544 g/mol. The molecule has 0 aliphatic rings. The first kappa shape index (κ1) is 32.3. The quantitative estimate of drug-likeness (QED) is 0.169. The number of thiol groups is 4. The average Bonchev–Trinajstić information content (AvgIpc) is 2.62. The minimum absolute atomic E-state index is 0.392. The molecule has 0 aromatic rings. The van der Waals surface area contributed by atoms with Gasteiger partial charge in [0.15, 0.2) is 0 Å². The van der Waals surface area contributed by atoms with Crippen LogP contribution < -0.4 is 0 Å². The Morgan fingerprint density at radius 2 is 0.606 bits per heavy atom. The van der Waals surface area contributed by atoms with Crippen molar-refractivity contribution in [3.05, 3.63) is 0 Å². The molecule has 0 N–H and O–H groups in total. The lowest BCUT2D eigenvalue weighted by molar-refractivity contribution is -0.173. The van der Waals surface area contributed by atoms with E-state index in [2.05, 4.69) is 50.5 Å². The van der Waals surface area contributed by atoms with Crippen LogP contribution in [-0.2, 0) is 38.1 Å². The second-order valence-corrected chi connectivity index (χ2v) is 14.5. The molecular formula is C21H36O8S4. The number of ether oxygens (including phenoxy) is 4. The third-order valence-corrected chi connectivity index (χ3v) is 4.77. The van der Waals surface area contributed by atoms with Crippen molar-refractivity contribution in [1.29, 1.82) is 0 Å². The molecule has 8 nitrogen and oxygen atoms in total. The summed E-state index contributed by atoms with van der Waals surface area (Å²) < 4.78 is 17.0. The molecule has 0 radical (unpaired) electrons. The topological polar surface area (TPSA) is 105 Å². The van der Waals surface area contributed by atoms with Crippen molar-refractivity contribution in [1.82, 2.24) is 0 Å². The summed E-state index contributed by atoms with van der Waals surface area (Å²) in [4.78, 5) is 49.4. The van der Waals surface area contributed by atoms with Gasteiger partial charge in [-0.1, -0.05) is 0 Å². The van der Waals surface area contributed by atoms with Crippen LogP contribution in [0.5, 0.6) is 0 Å². The molecule has 0 aromatic carbocycles. The molecule has 12 heteroatoms. The Kier molecular flexibility index (Phi) is 11.6. The average molecular weight is 545 g/mol. The summed E-state index contributed by atoms with van der Waals surface area (Å²) >= 11 is 16.7. The van der Waals surface area contributed by atoms with Gasteiger partial charge >= 0.3 is 23.9 Å². The van der Waals surface area contributed by atoms with E-state index in [-0.39, 0.29) is 0 Å². The van der Waals surface area contributed by atoms with Crippen molar-refractivity contribution in [3.8, 4) is 0 Å². The lowest BCUT2D eigenvalue weighted by atomic mass is 9.91. The molecule has 0 rings (SSSR count). The Hall–Kier alpha value is -0.720. The standard InChI is InChI=1S/C21H36O8S4/c1-17(2,30)13(22)26-9-21(10-27-14(23)18(3,4)31,11-28-15(24)19(5,6)32)12-29-16(25)20(7,8)33/h30-33H,9-12H2,1-8H3. The highest BCUT2D eigenvalue weighted by Crippen LogP contribution is 2.27. The zero-order valence-corrected chi connectivity index (χ0v) is 24.0. The van der Waals surface area contributed by atoms with Crippen LogP contribution >= 0.6 is 50.5 Å². The van der Waals surface area contributed by atoms with Gasteiger partial charge in [-0.05, 0) is 55.4 Å². The fraction of sp³-hybridized carbons (Fsp3) is 0.810. The molecule has 0 heterocycles. The minimum atomic E-state index is -1.41. The predicted molar refractivity (Wildman–Crippen MR) is 139 cm³/mol. The molecule has 0 aliphatic carbocycles. The molecule has 0 spiro atoms. The lowest BCUT2D eigenvalue weighted by Gasteiger charge is -2.34. The van der Waals surface area contributed by atoms with E-state index < -0.39 is 74.7 Å². The highest BCUT2D eigenvalue weighted by molar-refractivity contribution is 7.83. The summed E-state index contributed by atoms with van der Waals surface area (Å²) in [6.45, 7) is 10.7. The summed E-state index contributed by atoms with van der Waals surface area (Å²) in [6.07, 6.45) is 0. The van der Waals surface area contributed by atoms with E-state index in [0.717, 1.165) is 0 Å². The van der Waals surface area contributed by atoms with E-state index in [0.29, 0.717) is 0 Å². The van der Waals surface area contributed by atoms with Gasteiger partial charge in [0.1, 0.15) is 50.8 Å². The molecule has 0 bridgehead atoms. The van der Waals surface area contributed by atoms with Crippen molar-refractivity contribution in [2.75, 3.05) is 26.4 Å². The van der Waals surface area contributed by atoms with E-state index in [1.807, 2.05) is 0 Å². The maximum absolute atomic E-state index is 12.3. The molecule has 0 saturated heterocycles. The van der Waals surface area contributed by atoms with Crippen molar-refractivity contribution in [2.24, 2.45) is 5.41 Å². The highest BCUT2D eigenvalue weighted by Gasteiger charge is 2.42. The van der Waals surface area contributed by atoms with Crippen LogP contribution in [0.1, 0.15) is 55.4 Å². The largest absolute Gasteiger partial charge is 0.464 e. The summed E-state index contributed by atoms with van der Waals surface area (Å²) in [6, 6.07) is 0. The second kappa shape index (κ2) is 11.8. The maximum atomic E-state index is 12.3. The first-order valence-electron chi connectivity index (χ1n) is 10.1. The van der Waals surface area contributed by atoms with Crippen LogP contribution in [0.25, 0.3) is 0 Å². The molecular weight excluding hydrogens is 508 g/mol. The van der Waals surface area contributed by atoms with Gasteiger partial charge in [0, 0.05) is 0 Å². The van der Waals surface area contributed by atoms with E-state index in [4.69, 9.17) is 18.9 Å². The first-order chi connectivity index (χ1) is 14.5. The van der Waals surface area contributed by atoms with Crippen molar-refractivity contribution in [2.45, 2.75) is 74.4 Å². The zero-order chi connectivity index (χ0) is 26.5. The van der Waals surface area contributed by atoms with E-state index in [1.165, 1.54) is 55.4 Å². The van der Waals surface area contributed by atoms with Gasteiger partial charge in [-0.2, -0.15) is 50.5 Å². The molecule has 33 heavy (non-hydrogen) atoms. The van der Waals surface area contributed by atoms with Gasteiger partial charge in [0.05, 0.1) is 0 Å². The molecule has 0 atom stereocenters. The van der Waals surface area contributed by atoms with Crippen LogP contribution in [0, 0.1) is 5.41 Å². The van der Waals surface area contributed by atoms with Crippen LogP contribution in [0.2, 0.25) is 0 Å². The molecule has 0 aromatic heterocycles. The molecule has 0 unspecified atom stereocenters. The summed E-state index contributed by atoms with van der Waals surface area (Å²) in [7, 11) is 0. The Morgan fingerprint density at radius 3 is 0.727 bits per heavy atom. The summed E-state index contributed by atoms with van der Waals surface area (Å²) in [5.74, 6) is -2.67. The van der Waals surface area contributed by atoms with E-state index >= 15 is 0 Å². The van der Waals surface area contributed by atoms with Gasteiger partial charge in [-0.3, -0.25) is 19.2 Å². The zero-order valence-electron chi connectivity index (χ0n) is 20.4. The molecule has 192 valence electrons. The normalized spacial score (nSPS) is 13.2. The number of esters is 4. The van der Waals surface area contributed by atoms with Crippen molar-refractivity contribution >= 4 is 74.4 Å². The van der Waals surface area contributed by atoms with Crippen LogP contribution in [0.3, 0.4) is 0 Å². The summed E-state index contributed by atoms with van der Waals surface area (Å²) in [5.41, 5.74) is -1.41. The van der Waals surface area contributed by atoms with Gasteiger partial charge < -0.3 is 18.9 Å². The van der Waals surface area contributed by atoms with Gasteiger partial charge in [0.25, 0.3) is 0 Å². The second-order valence-electron chi connectivity index (χ2n) is 10.0. The predicted octanol–water partition coefficient (Wildman–Crippen LogP) is 2.98. The maximum Gasteiger partial charge on any atom is 0.321 e. The Morgan fingerprint density at radius 1 is 0.455 bits per heavy atom. The van der Waals surface area contributed by atoms with Gasteiger partial charge in [-0.25, -0.2) is 0 Å². The van der Waals surface area contributed by atoms with Crippen molar-refractivity contribution in [3.63, 3.8) is 0 Å². The van der Waals surface area contributed by atoms with E-state index in [9.17, 15) is 19.2 Å². The highest BCUT2D eigenvalue weighted by atomic mass is 32.1. The fourth-order valence-electron chi connectivity index (χ4n) is 1.83. The summed E-state index contributed by atoms with van der Waals surface area (Å²) in [5, 5.41) is 0. The Bertz CT molecular complexity index is 599. The van der Waals surface area contributed by atoms with E-state index in [1.54, 1.807) is 0 Å².